The SMILES string of the molecule is CCNC(=NCC(=O)NCc1ccco1)NCC1(c2ccccc2Br)CC1. The van der Waals surface area contributed by atoms with E-state index in [2.05, 4.69) is 55.1 Å². The zero-order valence-electron chi connectivity index (χ0n) is 15.4. The number of hydrogen-bond donors (Lipinski definition) is 3. The fourth-order valence-electron chi connectivity index (χ4n) is 2.98. The first kappa shape index (κ1) is 19.5. The Kier molecular flexibility index (Phi) is 6.55. The number of amides is 1. The van der Waals surface area contributed by atoms with Gasteiger partial charge in [-0.2, -0.15) is 0 Å². The summed E-state index contributed by atoms with van der Waals surface area (Å²) in [6, 6.07) is 12.0. The van der Waals surface area contributed by atoms with Gasteiger partial charge in [-0.3, -0.25) is 4.79 Å². The van der Waals surface area contributed by atoms with Crippen LogP contribution in [-0.2, 0) is 16.8 Å². The Morgan fingerprint density at radius 1 is 1.19 bits per heavy atom. The van der Waals surface area contributed by atoms with Crippen LogP contribution in [0.2, 0.25) is 0 Å². The molecule has 6 nitrogen and oxygen atoms in total. The summed E-state index contributed by atoms with van der Waals surface area (Å²) >= 11 is 3.66. The summed E-state index contributed by atoms with van der Waals surface area (Å²) in [6.45, 7) is 3.97. The number of guanidine groups is 1. The van der Waals surface area contributed by atoms with Crippen molar-refractivity contribution in [1.29, 1.82) is 0 Å². The van der Waals surface area contributed by atoms with Gasteiger partial charge in [-0.1, -0.05) is 34.1 Å². The minimum Gasteiger partial charge on any atom is -0.467 e. The van der Waals surface area contributed by atoms with Crippen molar-refractivity contribution in [2.45, 2.75) is 31.7 Å². The molecular weight excluding hydrogens is 408 g/mol. The molecule has 0 saturated heterocycles. The van der Waals surface area contributed by atoms with Gasteiger partial charge < -0.3 is 20.4 Å². The third-order valence-electron chi connectivity index (χ3n) is 4.66. The van der Waals surface area contributed by atoms with E-state index < -0.39 is 0 Å². The van der Waals surface area contributed by atoms with Crippen LogP contribution < -0.4 is 16.0 Å². The molecule has 0 spiro atoms. The van der Waals surface area contributed by atoms with Crippen LogP contribution in [0.4, 0.5) is 0 Å². The molecule has 1 aliphatic carbocycles. The molecule has 144 valence electrons. The van der Waals surface area contributed by atoms with E-state index in [1.807, 2.05) is 19.1 Å². The monoisotopic (exact) mass is 432 g/mol. The third kappa shape index (κ3) is 5.35. The molecule has 1 heterocycles. The predicted molar refractivity (Wildman–Crippen MR) is 110 cm³/mol. The molecule has 0 aliphatic heterocycles. The lowest BCUT2D eigenvalue weighted by atomic mass is 9.96. The van der Waals surface area contributed by atoms with Gasteiger partial charge in [0.2, 0.25) is 5.91 Å². The summed E-state index contributed by atoms with van der Waals surface area (Å²) in [5.74, 6) is 1.24. The van der Waals surface area contributed by atoms with Crippen LogP contribution in [0.25, 0.3) is 0 Å². The van der Waals surface area contributed by atoms with E-state index >= 15 is 0 Å². The molecule has 2 aromatic rings. The predicted octanol–water partition coefficient (Wildman–Crippen LogP) is 2.95. The molecule has 1 fully saturated rings. The van der Waals surface area contributed by atoms with Gasteiger partial charge in [0, 0.05) is 23.0 Å². The first-order valence-electron chi connectivity index (χ1n) is 9.19. The van der Waals surface area contributed by atoms with Crippen molar-refractivity contribution in [1.82, 2.24) is 16.0 Å². The molecule has 1 aliphatic rings. The number of benzene rings is 1. The zero-order chi connectivity index (χ0) is 19.1. The number of aliphatic imine (C=N–C) groups is 1. The lowest BCUT2D eigenvalue weighted by Crippen LogP contribution is -2.42. The Hall–Kier alpha value is -2.28. The smallest absolute Gasteiger partial charge is 0.242 e. The van der Waals surface area contributed by atoms with Crippen molar-refractivity contribution in [2.24, 2.45) is 4.99 Å². The molecule has 0 radical (unpaired) electrons. The molecule has 7 heteroatoms. The van der Waals surface area contributed by atoms with Gasteiger partial charge >= 0.3 is 0 Å². The molecule has 1 aromatic carbocycles. The normalized spacial score (nSPS) is 15.3. The van der Waals surface area contributed by atoms with Gasteiger partial charge in [-0.25, -0.2) is 4.99 Å². The molecular formula is C20H25BrN4O2. The number of carbonyl (C=O) groups excluding carboxylic acids is 1. The van der Waals surface area contributed by atoms with E-state index in [1.165, 1.54) is 5.56 Å². The average Bonchev–Trinajstić information content (AvgIpc) is 3.27. The molecule has 3 N–H and O–H groups in total. The lowest BCUT2D eigenvalue weighted by Gasteiger charge is -2.20. The van der Waals surface area contributed by atoms with E-state index in [0.29, 0.717) is 12.5 Å². The van der Waals surface area contributed by atoms with Gasteiger partial charge in [0.25, 0.3) is 0 Å². The second-order valence-electron chi connectivity index (χ2n) is 6.66. The summed E-state index contributed by atoms with van der Waals surface area (Å²) in [6.07, 6.45) is 3.88. The first-order chi connectivity index (χ1) is 13.1. The second-order valence-corrected chi connectivity index (χ2v) is 7.52. The van der Waals surface area contributed by atoms with Gasteiger partial charge in [0.05, 0.1) is 12.8 Å². The van der Waals surface area contributed by atoms with Crippen LogP contribution in [0.15, 0.2) is 56.5 Å². The quantitative estimate of drug-likeness (QED) is 0.442. The van der Waals surface area contributed by atoms with Crippen LogP contribution in [0.5, 0.6) is 0 Å². The van der Waals surface area contributed by atoms with Gasteiger partial charge in [0.15, 0.2) is 5.96 Å². The Balaban J connectivity index is 1.53. The van der Waals surface area contributed by atoms with E-state index in [0.717, 1.165) is 36.2 Å². The van der Waals surface area contributed by atoms with Crippen LogP contribution in [0.1, 0.15) is 31.1 Å². The molecule has 1 aromatic heterocycles. The van der Waals surface area contributed by atoms with Crippen molar-refractivity contribution < 1.29 is 9.21 Å². The van der Waals surface area contributed by atoms with Crippen molar-refractivity contribution in [2.75, 3.05) is 19.6 Å². The van der Waals surface area contributed by atoms with Crippen LogP contribution in [0, 0.1) is 0 Å². The van der Waals surface area contributed by atoms with E-state index in [9.17, 15) is 4.79 Å². The minimum atomic E-state index is -0.143. The highest BCUT2D eigenvalue weighted by molar-refractivity contribution is 9.10. The number of hydrogen-bond acceptors (Lipinski definition) is 3. The van der Waals surface area contributed by atoms with Crippen LogP contribution >= 0.6 is 15.9 Å². The third-order valence-corrected chi connectivity index (χ3v) is 5.35. The number of furan rings is 1. The lowest BCUT2D eigenvalue weighted by molar-refractivity contribution is -0.119. The summed E-state index contributed by atoms with van der Waals surface area (Å²) in [4.78, 5) is 16.4. The molecule has 0 bridgehead atoms. The van der Waals surface area contributed by atoms with Crippen molar-refractivity contribution >= 4 is 27.8 Å². The summed E-state index contributed by atoms with van der Waals surface area (Å²) in [5.41, 5.74) is 1.46. The maximum Gasteiger partial charge on any atom is 0.242 e. The van der Waals surface area contributed by atoms with E-state index in [1.54, 1.807) is 12.3 Å². The summed E-state index contributed by atoms with van der Waals surface area (Å²) in [7, 11) is 0. The number of nitrogens with zero attached hydrogens (tertiary/aromatic N) is 1. The highest BCUT2D eigenvalue weighted by Crippen LogP contribution is 2.49. The second kappa shape index (κ2) is 9.08. The Morgan fingerprint density at radius 2 is 2.00 bits per heavy atom. The Bertz CT molecular complexity index is 785. The molecule has 3 rings (SSSR count). The largest absolute Gasteiger partial charge is 0.467 e. The minimum absolute atomic E-state index is 0.0675. The van der Waals surface area contributed by atoms with Gasteiger partial charge in [0.1, 0.15) is 12.3 Å². The highest BCUT2D eigenvalue weighted by atomic mass is 79.9. The molecule has 1 saturated carbocycles. The first-order valence-corrected chi connectivity index (χ1v) is 9.98. The molecule has 27 heavy (non-hydrogen) atoms. The van der Waals surface area contributed by atoms with Gasteiger partial charge in [-0.05, 0) is 43.5 Å². The van der Waals surface area contributed by atoms with E-state index in [4.69, 9.17) is 4.42 Å². The number of nitrogens with one attached hydrogen (secondary N) is 3. The summed E-state index contributed by atoms with van der Waals surface area (Å²) < 4.78 is 6.35. The highest BCUT2D eigenvalue weighted by Gasteiger charge is 2.45. The standard InChI is InChI=1S/C20H25BrN4O2/c1-2-22-19(24-13-18(26)23-12-15-6-5-11-27-15)25-14-20(9-10-20)16-7-3-4-8-17(16)21/h3-8,11H,2,9-10,12-14H2,1H3,(H,23,26)(H2,22,24,25). The zero-order valence-corrected chi connectivity index (χ0v) is 17.0. The maximum absolute atomic E-state index is 12.0. The van der Waals surface area contributed by atoms with Crippen LogP contribution in [0.3, 0.4) is 0 Å². The van der Waals surface area contributed by atoms with Crippen molar-refractivity contribution in [3.05, 3.63) is 58.5 Å². The topological polar surface area (TPSA) is 78.7 Å². The molecule has 1 amide bonds. The van der Waals surface area contributed by atoms with Crippen LogP contribution in [-0.4, -0.2) is 31.5 Å². The van der Waals surface area contributed by atoms with E-state index in [-0.39, 0.29) is 17.9 Å². The number of halogens is 1. The average molecular weight is 433 g/mol. The van der Waals surface area contributed by atoms with Gasteiger partial charge in [-0.15, -0.1) is 0 Å². The fourth-order valence-corrected chi connectivity index (χ4v) is 3.69. The fraction of sp³-hybridized carbons (Fsp3) is 0.400. The van der Waals surface area contributed by atoms with Crippen molar-refractivity contribution in [3.8, 4) is 0 Å². The Morgan fingerprint density at radius 3 is 2.67 bits per heavy atom. The summed E-state index contributed by atoms with van der Waals surface area (Å²) in [5, 5.41) is 9.40. The maximum atomic E-state index is 12.0. The number of carbonyl (C=O) groups is 1. The Labute approximate surface area is 168 Å². The molecule has 0 unspecified atom stereocenters. The molecule has 0 atom stereocenters. The number of rotatable bonds is 8. The van der Waals surface area contributed by atoms with Crippen molar-refractivity contribution in [3.63, 3.8) is 0 Å².